The fourth-order valence-electron chi connectivity index (χ4n) is 2.01. The van der Waals surface area contributed by atoms with E-state index in [1.165, 1.54) is 0 Å². The summed E-state index contributed by atoms with van der Waals surface area (Å²) < 4.78 is 11.5. The van der Waals surface area contributed by atoms with Crippen molar-refractivity contribution >= 4 is 33.9 Å². The van der Waals surface area contributed by atoms with Gasteiger partial charge in [-0.2, -0.15) is 0 Å². The second kappa shape index (κ2) is 5.02. The topological polar surface area (TPSA) is 55.8 Å². The molecule has 4 nitrogen and oxygen atoms in total. The lowest BCUT2D eigenvalue weighted by molar-refractivity contribution is 0.135. The lowest BCUT2D eigenvalue weighted by atomic mass is 10.1. The van der Waals surface area contributed by atoms with Gasteiger partial charge in [0.2, 0.25) is 0 Å². The molecular weight excluding hydrogens is 324 g/mol. The number of fused-ring (bicyclic) bond motifs is 2. The molecule has 0 atom stereocenters. The largest absolute Gasteiger partial charge is 0.511 e. The van der Waals surface area contributed by atoms with Gasteiger partial charge in [-0.1, -0.05) is 24.3 Å². The van der Waals surface area contributed by atoms with E-state index in [-0.39, 0.29) is 5.76 Å². The number of halogens is 1. The molecule has 20 heavy (non-hydrogen) atoms. The molecule has 0 aromatic heterocycles. The number of benzene rings is 2. The van der Waals surface area contributed by atoms with Gasteiger partial charge in [0.25, 0.3) is 0 Å². The SMILES string of the molecule is O=C(O)OC1=Cc2ccccc2Oc2c(Br)cccc21. The minimum atomic E-state index is -1.36. The Morgan fingerprint density at radius 3 is 2.75 bits per heavy atom. The molecule has 0 bridgehead atoms. The molecule has 3 rings (SSSR count). The van der Waals surface area contributed by atoms with Crippen LogP contribution in [0.15, 0.2) is 46.9 Å². The summed E-state index contributed by atoms with van der Waals surface area (Å²) in [4.78, 5) is 10.9. The van der Waals surface area contributed by atoms with Crippen LogP contribution in [0.25, 0.3) is 11.8 Å². The summed E-state index contributed by atoms with van der Waals surface area (Å²) >= 11 is 3.41. The lowest BCUT2D eigenvalue weighted by Gasteiger charge is -2.11. The second-order valence-corrected chi connectivity index (χ2v) is 4.99. The molecule has 0 fully saturated rings. The molecule has 100 valence electrons. The third-order valence-electron chi connectivity index (χ3n) is 2.85. The highest BCUT2D eigenvalue weighted by atomic mass is 79.9. The van der Waals surface area contributed by atoms with E-state index in [9.17, 15) is 4.79 Å². The molecule has 1 heterocycles. The van der Waals surface area contributed by atoms with E-state index < -0.39 is 6.16 Å². The minimum absolute atomic E-state index is 0.235. The third-order valence-corrected chi connectivity index (χ3v) is 3.47. The zero-order valence-electron chi connectivity index (χ0n) is 10.2. The van der Waals surface area contributed by atoms with Gasteiger partial charge in [0.1, 0.15) is 11.5 Å². The van der Waals surface area contributed by atoms with Crippen LogP contribution < -0.4 is 4.74 Å². The van der Waals surface area contributed by atoms with Gasteiger partial charge in [-0.15, -0.1) is 0 Å². The molecule has 1 aliphatic heterocycles. The lowest BCUT2D eigenvalue weighted by Crippen LogP contribution is -2.00. The van der Waals surface area contributed by atoms with E-state index in [1.54, 1.807) is 18.2 Å². The Bertz CT molecular complexity index is 722. The highest BCUT2D eigenvalue weighted by Gasteiger charge is 2.21. The summed E-state index contributed by atoms with van der Waals surface area (Å²) in [5, 5.41) is 8.88. The average molecular weight is 333 g/mol. The molecule has 2 aromatic rings. The minimum Gasteiger partial charge on any atom is -0.455 e. The van der Waals surface area contributed by atoms with Crippen molar-refractivity contribution in [2.24, 2.45) is 0 Å². The second-order valence-electron chi connectivity index (χ2n) is 4.13. The summed E-state index contributed by atoms with van der Waals surface area (Å²) in [6.07, 6.45) is 0.295. The molecule has 1 aliphatic rings. The van der Waals surface area contributed by atoms with Crippen LogP contribution in [0.3, 0.4) is 0 Å². The average Bonchev–Trinajstić information content (AvgIpc) is 2.56. The van der Waals surface area contributed by atoms with E-state index >= 15 is 0 Å². The van der Waals surface area contributed by atoms with Gasteiger partial charge < -0.3 is 14.6 Å². The first-order valence-corrected chi connectivity index (χ1v) is 6.62. The zero-order valence-corrected chi connectivity index (χ0v) is 11.8. The van der Waals surface area contributed by atoms with Crippen LogP contribution in [0.4, 0.5) is 4.79 Å². The van der Waals surface area contributed by atoms with Gasteiger partial charge in [-0.3, -0.25) is 0 Å². The van der Waals surface area contributed by atoms with Crippen molar-refractivity contribution in [1.82, 2.24) is 0 Å². The number of carboxylic acid groups (broad SMARTS) is 1. The van der Waals surface area contributed by atoms with Gasteiger partial charge in [-0.25, -0.2) is 4.79 Å². The van der Waals surface area contributed by atoms with Crippen molar-refractivity contribution in [3.8, 4) is 11.5 Å². The van der Waals surface area contributed by atoms with Crippen LogP contribution in [-0.4, -0.2) is 11.3 Å². The zero-order chi connectivity index (χ0) is 14.1. The fourth-order valence-corrected chi connectivity index (χ4v) is 2.45. The Kier molecular flexibility index (Phi) is 3.20. The molecule has 2 aromatic carbocycles. The van der Waals surface area contributed by atoms with Crippen LogP contribution in [0.5, 0.6) is 11.5 Å². The Morgan fingerprint density at radius 2 is 1.95 bits per heavy atom. The van der Waals surface area contributed by atoms with E-state index in [1.807, 2.05) is 30.3 Å². The number of carbonyl (C=O) groups is 1. The quantitative estimate of drug-likeness (QED) is 0.766. The standard InChI is InChI=1S/C15H9BrO4/c16-11-6-3-5-10-13(20-15(17)18)8-9-4-1-2-7-12(9)19-14(10)11/h1-8H,(H,17,18). The van der Waals surface area contributed by atoms with E-state index in [2.05, 4.69) is 15.9 Å². The predicted octanol–water partition coefficient (Wildman–Crippen LogP) is 4.75. The number of rotatable bonds is 1. The first-order chi connectivity index (χ1) is 9.65. The van der Waals surface area contributed by atoms with Crippen molar-refractivity contribution in [3.05, 3.63) is 58.1 Å². The summed E-state index contributed by atoms with van der Waals surface area (Å²) in [5.41, 5.74) is 1.34. The highest BCUT2D eigenvalue weighted by Crippen LogP contribution is 2.42. The maximum Gasteiger partial charge on any atom is 0.511 e. The molecule has 0 amide bonds. The molecule has 0 spiro atoms. The van der Waals surface area contributed by atoms with Gasteiger partial charge in [0.05, 0.1) is 10.0 Å². The van der Waals surface area contributed by atoms with Gasteiger partial charge in [0.15, 0.2) is 5.75 Å². The summed E-state index contributed by atoms with van der Waals surface area (Å²) in [6.45, 7) is 0. The van der Waals surface area contributed by atoms with Crippen LogP contribution >= 0.6 is 15.9 Å². The Hall–Kier alpha value is -2.27. The fraction of sp³-hybridized carbons (Fsp3) is 0. The smallest absolute Gasteiger partial charge is 0.455 e. The van der Waals surface area contributed by atoms with Crippen molar-refractivity contribution in [3.63, 3.8) is 0 Å². The van der Waals surface area contributed by atoms with Gasteiger partial charge in [0, 0.05) is 5.56 Å². The van der Waals surface area contributed by atoms with E-state index in [0.717, 1.165) is 10.0 Å². The molecule has 0 unspecified atom stereocenters. The molecule has 0 aliphatic carbocycles. The summed E-state index contributed by atoms with van der Waals surface area (Å²) in [5.74, 6) is 1.41. The van der Waals surface area contributed by atoms with Crippen molar-refractivity contribution in [2.75, 3.05) is 0 Å². The van der Waals surface area contributed by atoms with Crippen LogP contribution in [0, 0.1) is 0 Å². The van der Waals surface area contributed by atoms with Gasteiger partial charge in [-0.05, 0) is 40.2 Å². The van der Waals surface area contributed by atoms with Crippen molar-refractivity contribution in [1.29, 1.82) is 0 Å². The Labute approximate surface area is 123 Å². The molecule has 1 N–H and O–H groups in total. The normalized spacial score (nSPS) is 12.3. The third kappa shape index (κ3) is 2.28. The summed E-state index contributed by atoms with van der Waals surface area (Å²) in [7, 11) is 0. The van der Waals surface area contributed by atoms with Crippen LogP contribution in [0.2, 0.25) is 0 Å². The molecule has 0 saturated heterocycles. The maximum absolute atomic E-state index is 10.9. The van der Waals surface area contributed by atoms with Gasteiger partial charge >= 0.3 is 6.16 Å². The van der Waals surface area contributed by atoms with Crippen LogP contribution in [-0.2, 0) is 4.74 Å². The molecule has 0 radical (unpaired) electrons. The Morgan fingerprint density at radius 1 is 1.15 bits per heavy atom. The molecular formula is C15H9BrO4. The molecule has 0 saturated carbocycles. The highest BCUT2D eigenvalue weighted by molar-refractivity contribution is 9.10. The molecule has 5 heteroatoms. The number of hydrogen-bond acceptors (Lipinski definition) is 3. The van der Waals surface area contributed by atoms with Crippen molar-refractivity contribution < 1.29 is 19.4 Å². The van der Waals surface area contributed by atoms with Crippen molar-refractivity contribution in [2.45, 2.75) is 0 Å². The summed E-state index contributed by atoms with van der Waals surface area (Å²) in [6, 6.07) is 12.7. The first kappa shape index (κ1) is 12.7. The monoisotopic (exact) mass is 332 g/mol. The first-order valence-electron chi connectivity index (χ1n) is 5.83. The predicted molar refractivity (Wildman–Crippen MR) is 77.6 cm³/mol. The number of ether oxygens (including phenoxy) is 2. The Balaban J connectivity index is 2.24. The number of hydrogen-bond donors (Lipinski definition) is 1. The van der Waals surface area contributed by atoms with E-state index in [4.69, 9.17) is 14.6 Å². The number of para-hydroxylation sites is 2. The van der Waals surface area contributed by atoms with Crippen LogP contribution in [0.1, 0.15) is 11.1 Å². The van der Waals surface area contributed by atoms with E-state index in [0.29, 0.717) is 17.1 Å². The maximum atomic E-state index is 10.9.